The zero-order chi connectivity index (χ0) is 41.5. The normalized spacial score (nSPS) is 12.8. The molecule has 0 aromatic rings. The number of esters is 3. The second-order valence-corrected chi connectivity index (χ2v) is 14.9. The van der Waals surface area contributed by atoms with Crippen molar-refractivity contribution in [2.75, 3.05) is 13.2 Å². The van der Waals surface area contributed by atoms with Gasteiger partial charge in [0.05, 0.1) is 6.42 Å². The van der Waals surface area contributed by atoms with Gasteiger partial charge in [0.15, 0.2) is 6.10 Å². The molecular formula is C51H84O6. The average molecular weight is 793 g/mol. The van der Waals surface area contributed by atoms with Crippen molar-refractivity contribution in [3.8, 4) is 0 Å². The summed E-state index contributed by atoms with van der Waals surface area (Å²) in [6, 6.07) is 0. The summed E-state index contributed by atoms with van der Waals surface area (Å²) in [4.78, 5) is 37.7. The number of carbonyl (C=O) groups excluding carboxylic acids is 3. The summed E-state index contributed by atoms with van der Waals surface area (Å²) < 4.78 is 16.6. The van der Waals surface area contributed by atoms with Crippen molar-refractivity contribution in [3.05, 3.63) is 85.1 Å². The van der Waals surface area contributed by atoms with E-state index in [1.54, 1.807) is 6.08 Å². The highest BCUT2D eigenvalue weighted by Gasteiger charge is 2.19. The molecule has 0 aromatic carbocycles. The lowest BCUT2D eigenvalue weighted by Crippen LogP contribution is -2.30. The smallest absolute Gasteiger partial charge is 0.309 e. The van der Waals surface area contributed by atoms with Crippen LogP contribution in [0.5, 0.6) is 0 Å². The van der Waals surface area contributed by atoms with Crippen molar-refractivity contribution in [1.29, 1.82) is 0 Å². The largest absolute Gasteiger partial charge is 0.462 e. The standard InChI is InChI=1S/C51H84O6/c1-4-7-10-13-16-19-22-24-26-28-29-32-35-38-41-44-50(53)56-47-48(46-55-49(52)43-40-37-34-31-21-18-15-12-9-6-3)57-51(54)45-42-39-36-33-30-27-25-23-20-17-14-11-8-5-2/h7,10,14,16-17,19,23-26,29,32,38,41,48H,4-6,8-9,11-13,15,18,20-22,27-28,30-31,33-37,39-40,42-47H2,1-3H3/b10-7-,17-14-,19-16-,25-23-,26-24-,32-29-,41-38-. The molecule has 6 nitrogen and oxygen atoms in total. The lowest BCUT2D eigenvalue weighted by atomic mass is 10.1. The van der Waals surface area contributed by atoms with Gasteiger partial charge in [0.1, 0.15) is 13.2 Å². The molecule has 0 aliphatic carbocycles. The molecule has 0 aromatic heterocycles. The van der Waals surface area contributed by atoms with Crippen LogP contribution in [0.25, 0.3) is 0 Å². The van der Waals surface area contributed by atoms with Crippen LogP contribution >= 0.6 is 0 Å². The summed E-state index contributed by atoms with van der Waals surface area (Å²) in [5.74, 6) is -1.07. The summed E-state index contributed by atoms with van der Waals surface area (Å²) in [7, 11) is 0. The molecule has 0 saturated heterocycles. The summed E-state index contributed by atoms with van der Waals surface area (Å²) in [5, 5.41) is 0. The van der Waals surface area contributed by atoms with Crippen LogP contribution in [0, 0.1) is 0 Å². The minimum atomic E-state index is -0.820. The first kappa shape index (κ1) is 53.6. The predicted octanol–water partition coefficient (Wildman–Crippen LogP) is 14.9. The van der Waals surface area contributed by atoms with Gasteiger partial charge in [-0.05, 0) is 70.6 Å². The number of rotatable bonds is 40. The number of allylic oxidation sites excluding steroid dienone is 13. The maximum Gasteiger partial charge on any atom is 0.309 e. The zero-order valence-corrected chi connectivity index (χ0v) is 36.8. The third-order valence-corrected chi connectivity index (χ3v) is 9.42. The molecule has 0 fully saturated rings. The van der Waals surface area contributed by atoms with E-state index in [4.69, 9.17) is 14.2 Å². The monoisotopic (exact) mass is 793 g/mol. The summed E-state index contributed by atoms with van der Waals surface area (Å²) in [6.07, 6.45) is 57.3. The highest BCUT2D eigenvalue weighted by atomic mass is 16.6. The van der Waals surface area contributed by atoms with E-state index in [0.717, 1.165) is 96.3 Å². The maximum absolute atomic E-state index is 12.7. The molecule has 0 amide bonds. The lowest BCUT2D eigenvalue weighted by molar-refractivity contribution is -0.166. The fourth-order valence-electron chi connectivity index (χ4n) is 5.94. The Morgan fingerprint density at radius 1 is 0.386 bits per heavy atom. The van der Waals surface area contributed by atoms with Gasteiger partial charge in [0.25, 0.3) is 0 Å². The molecule has 57 heavy (non-hydrogen) atoms. The van der Waals surface area contributed by atoms with Gasteiger partial charge in [0.2, 0.25) is 0 Å². The predicted molar refractivity (Wildman–Crippen MR) is 242 cm³/mol. The molecule has 1 unspecified atom stereocenters. The fraction of sp³-hybridized carbons (Fsp3) is 0.667. The van der Waals surface area contributed by atoms with Crippen LogP contribution in [0.1, 0.15) is 201 Å². The van der Waals surface area contributed by atoms with Gasteiger partial charge in [-0.25, -0.2) is 0 Å². The van der Waals surface area contributed by atoms with Crippen LogP contribution in [0.3, 0.4) is 0 Å². The van der Waals surface area contributed by atoms with Crippen molar-refractivity contribution in [3.63, 3.8) is 0 Å². The minimum absolute atomic E-state index is 0.112. The van der Waals surface area contributed by atoms with Crippen molar-refractivity contribution in [2.24, 2.45) is 0 Å². The first-order chi connectivity index (χ1) is 28.0. The number of unbranched alkanes of at least 4 members (excludes halogenated alkanes) is 16. The molecule has 0 radical (unpaired) electrons. The number of hydrogen-bond acceptors (Lipinski definition) is 6. The van der Waals surface area contributed by atoms with Crippen molar-refractivity contribution >= 4 is 17.9 Å². The Balaban J connectivity index is 4.54. The summed E-state index contributed by atoms with van der Waals surface area (Å²) >= 11 is 0. The van der Waals surface area contributed by atoms with Crippen molar-refractivity contribution in [1.82, 2.24) is 0 Å². The lowest BCUT2D eigenvalue weighted by Gasteiger charge is -2.18. The topological polar surface area (TPSA) is 78.9 Å². The Labute approximate surface area is 350 Å². The summed E-state index contributed by atoms with van der Waals surface area (Å²) in [6.45, 7) is 6.35. The molecule has 0 bridgehead atoms. The van der Waals surface area contributed by atoms with E-state index < -0.39 is 12.1 Å². The Hall–Kier alpha value is -3.41. The van der Waals surface area contributed by atoms with E-state index in [-0.39, 0.29) is 31.6 Å². The van der Waals surface area contributed by atoms with Crippen LogP contribution in [-0.4, -0.2) is 37.2 Å². The first-order valence-corrected chi connectivity index (χ1v) is 23.1. The minimum Gasteiger partial charge on any atom is -0.462 e. The highest BCUT2D eigenvalue weighted by Crippen LogP contribution is 2.13. The van der Waals surface area contributed by atoms with E-state index in [9.17, 15) is 14.4 Å². The quantitative estimate of drug-likeness (QED) is 0.0266. The van der Waals surface area contributed by atoms with Crippen LogP contribution in [0.2, 0.25) is 0 Å². The Morgan fingerprint density at radius 2 is 0.772 bits per heavy atom. The van der Waals surface area contributed by atoms with E-state index >= 15 is 0 Å². The molecule has 0 saturated carbocycles. The molecule has 0 aliphatic heterocycles. The molecule has 0 heterocycles. The molecule has 324 valence electrons. The van der Waals surface area contributed by atoms with Crippen LogP contribution in [0.4, 0.5) is 0 Å². The molecule has 0 aliphatic rings. The Kier molecular flexibility index (Phi) is 42.6. The number of hydrogen-bond donors (Lipinski definition) is 0. The second kappa shape index (κ2) is 45.3. The van der Waals surface area contributed by atoms with Crippen molar-refractivity contribution < 1.29 is 28.6 Å². The number of ether oxygens (including phenoxy) is 3. The van der Waals surface area contributed by atoms with Gasteiger partial charge in [-0.1, -0.05) is 196 Å². The molecule has 6 heteroatoms. The third kappa shape index (κ3) is 43.6. The number of carbonyl (C=O) groups is 3. The average Bonchev–Trinajstić information content (AvgIpc) is 3.21. The molecule has 0 rings (SSSR count). The fourth-order valence-corrected chi connectivity index (χ4v) is 5.94. The zero-order valence-electron chi connectivity index (χ0n) is 36.8. The highest BCUT2D eigenvalue weighted by molar-refractivity contribution is 5.72. The molecule has 0 spiro atoms. The molecule has 1 atom stereocenters. The van der Waals surface area contributed by atoms with Crippen LogP contribution < -0.4 is 0 Å². The third-order valence-electron chi connectivity index (χ3n) is 9.42. The Bertz CT molecular complexity index is 1140. The van der Waals surface area contributed by atoms with Gasteiger partial charge in [0, 0.05) is 12.8 Å². The SMILES string of the molecule is CC/C=C\C/C=C\C/C=C\C/C=C\C/C=C\CC(=O)OCC(COC(=O)CCCCCCCCCCCC)OC(=O)CCCCCCC/C=C\C/C=C\CCCC. The molecular weight excluding hydrogens is 709 g/mol. The van der Waals surface area contributed by atoms with Gasteiger partial charge in [-0.15, -0.1) is 0 Å². The molecule has 0 N–H and O–H groups in total. The van der Waals surface area contributed by atoms with Crippen LogP contribution in [-0.2, 0) is 28.6 Å². The van der Waals surface area contributed by atoms with Crippen LogP contribution in [0.15, 0.2) is 85.1 Å². The van der Waals surface area contributed by atoms with E-state index in [1.807, 2.05) is 6.08 Å². The van der Waals surface area contributed by atoms with E-state index in [0.29, 0.717) is 12.8 Å². The maximum atomic E-state index is 12.7. The van der Waals surface area contributed by atoms with Gasteiger partial charge >= 0.3 is 17.9 Å². The van der Waals surface area contributed by atoms with Gasteiger partial charge < -0.3 is 14.2 Å². The van der Waals surface area contributed by atoms with E-state index in [2.05, 4.69) is 93.7 Å². The van der Waals surface area contributed by atoms with Gasteiger partial charge in [-0.3, -0.25) is 14.4 Å². The Morgan fingerprint density at radius 3 is 1.28 bits per heavy atom. The first-order valence-electron chi connectivity index (χ1n) is 23.1. The van der Waals surface area contributed by atoms with E-state index in [1.165, 1.54) is 64.2 Å². The van der Waals surface area contributed by atoms with Crippen molar-refractivity contribution in [2.45, 2.75) is 207 Å². The second-order valence-electron chi connectivity index (χ2n) is 14.9. The van der Waals surface area contributed by atoms with Gasteiger partial charge in [-0.2, -0.15) is 0 Å². The summed E-state index contributed by atoms with van der Waals surface area (Å²) in [5.41, 5.74) is 0.